The molecule has 1 saturated heterocycles. The molecule has 1 aliphatic rings. The Kier molecular flexibility index (Phi) is 6.39. The van der Waals surface area contributed by atoms with E-state index in [9.17, 15) is 4.39 Å². The fraction of sp³-hybridized carbons (Fsp3) is 0.200. The van der Waals surface area contributed by atoms with Crippen LogP contribution in [0.15, 0.2) is 73.6 Å². The van der Waals surface area contributed by atoms with Gasteiger partial charge in [-0.15, -0.1) is 0 Å². The first kappa shape index (κ1) is 23.9. The number of nitrogens with one attached hydrogen (secondary N) is 2. The first-order chi connectivity index (χ1) is 18.6. The predicted octanol–water partition coefficient (Wildman–Crippen LogP) is 6.07. The molecule has 0 atom stereocenters. The highest BCUT2D eigenvalue weighted by Crippen LogP contribution is 2.31. The molecule has 5 heterocycles. The van der Waals surface area contributed by atoms with E-state index >= 15 is 0 Å². The van der Waals surface area contributed by atoms with Crippen molar-refractivity contribution in [2.24, 2.45) is 0 Å². The van der Waals surface area contributed by atoms with Gasteiger partial charge in [0.2, 0.25) is 0 Å². The summed E-state index contributed by atoms with van der Waals surface area (Å²) in [6.07, 6.45) is 9.89. The summed E-state index contributed by atoms with van der Waals surface area (Å²) in [5.41, 5.74) is 8.47. The van der Waals surface area contributed by atoms with Crippen LogP contribution in [0, 0.1) is 12.7 Å². The maximum atomic E-state index is 13.5. The highest BCUT2D eigenvalue weighted by Gasteiger charge is 2.19. The van der Waals surface area contributed by atoms with Gasteiger partial charge in [0.05, 0.1) is 16.9 Å². The van der Waals surface area contributed by atoms with Crippen molar-refractivity contribution in [1.82, 2.24) is 35.0 Å². The van der Waals surface area contributed by atoms with E-state index in [2.05, 4.69) is 37.7 Å². The average Bonchev–Trinajstić information content (AvgIpc) is 3.68. The number of aryl methyl sites for hydroxylation is 1. The van der Waals surface area contributed by atoms with Crippen molar-refractivity contribution in [3.8, 4) is 22.8 Å². The number of hydrogen-bond donors (Lipinski definition) is 2. The Hall–Kier alpha value is -4.43. The number of fused-ring (bicyclic) bond motifs is 1. The van der Waals surface area contributed by atoms with Crippen molar-refractivity contribution in [1.29, 1.82) is 0 Å². The Bertz CT molecular complexity index is 1640. The minimum Gasteiger partial charge on any atom is -0.340 e. The van der Waals surface area contributed by atoms with Crippen LogP contribution in [-0.4, -0.2) is 48.1 Å². The van der Waals surface area contributed by atoms with Gasteiger partial charge in [-0.2, -0.15) is 5.10 Å². The van der Waals surface area contributed by atoms with Crippen molar-refractivity contribution in [3.05, 3.63) is 102 Å². The van der Waals surface area contributed by atoms with E-state index in [1.807, 2.05) is 37.5 Å². The first-order valence-corrected chi connectivity index (χ1v) is 12.8. The van der Waals surface area contributed by atoms with Crippen LogP contribution in [0.4, 0.5) is 4.39 Å². The summed E-state index contributed by atoms with van der Waals surface area (Å²) < 4.78 is 13.5. The summed E-state index contributed by atoms with van der Waals surface area (Å²) >= 11 is 0. The van der Waals surface area contributed by atoms with Crippen LogP contribution in [0.1, 0.15) is 35.4 Å². The van der Waals surface area contributed by atoms with Crippen molar-refractivity contribution >= 4 is 16.6 Å². The Morgan fingerprint density at radius 1 is 1.08 bits per heavy atom. The molecule has 1 aromatic carbocycles. The number of nitrogens with zero attached hydrogens (tertiary/aromatic N) is 5. The Morgan fingerprint density at radius 2 is 1.89 bits per heavy atom. The van der Waals surface area contributed by atoms with Gasteiger partial charge in [-0.25, -0.2) is 14.4 Å². The summed E-state index contributed by atoms with van der Waals surface area (Å²) in [6, 6.07) is 12.5. The molecule has 190 valence electrons. The molecule has 5 aromatic rings. The normalized spacial score (nSPS) is 14.4. The van der Waals surface area contributed by atoms with Crippen LogP contribution >= 0.6 is 0 Å². The molecular weight excluding hydrogens is 477 g/mol. The van der Waals surface area contributed by atoms with Gasteiger partial charge in [0.25, 0.3) is 0 Å². The molecule has 7 nitrogen and oxygen atoms in total. The highest BCUT2D eigenvalue weighted by atomic mass is 19.1. The fourth-order valence-corrected chi connectivity index (χ4v) is 5.03. The number of benzene rings is 1. The standard InChI is InChI=1S/C30H28FN7/c1-3-6-24(21-7-9-23(31)10-8-21)27-19(2)33-30(35-27)29-28-26(36-37-29)12-11-25(34-28)22-15-20(16-32-17-22)18-38-13-4-5-14-38/h3,6-12,15-17H,1,4-5,13-14,18H2,2H3,(H,33,35)(H,36,37)/b24-6-. The molecule has 4 aromatic heterocycles. The molecule has 8 heteroatoms. The summed E-state index contributed by atoms with van der Waals surface area (Å²) in [5, 5.41) is 7.62. The van der Waals surface area contributed by atoms with Crippen LogP contribution in [0.3, 0.4) is 0 Å². The predicted molar refractivity (Wildman–Crippen MR) is 148 cm³/mol. The first-order valence-electron chi connectivity index (χ1n) is 12.8. The third-order valence-corrected chi connectivity index (χ3v) is 6.91. The molecular formula is C30H28FN7. The van der Waals surface area contributed by atoms with Gasteiger partial charge >= 0.3 is 0 Å². The van der Waals surface area contributed by atoms with Crippen molar-refractivity contribution in [3.63, 3.8) is 0 Å². The van der Waals surface area contributed by atoms with E-state index < -0.39 is 0 Å². The van der Waals surface area contributed by atoms with Crippen molar-refractivity contribution in [2.45, 2.75) is 26.3 Å². The van der Waals surface area contributed by atoms with E-state index in [4.69, 9.17) is 9.97 Å². The van der Waals surface area contributed by atoms with Gasteiger partial charge < -0.3 is 4.98 Å². The number of pyridine rings is 2. The van der Waals surface area contributed by atoms with E-state index in [-0.39, 0.29) is 5.82 Å². The molecule has 0 aliphatic carbocycles. The molecule has 0 amide bonds. The summed E-state index contributed by atoms with van der Waals surface area (Å²) in [6.45, 7) is 8.99. The Labute approximate surface area is 220 Å². The van der Waals surface area contributed by atoms with Crippen molar-refractivity contribution < 1.29 is 4.39 Å². The monoisotopic (exact) mass is 505 g/mol. The minimum atomic E-state index is -0.284. The number of halogens is 1. The summed E-state index contributed by atoms with van der Waals surface area (Å²) in [7, 11) is 0. The van der Waals surface area contributed by atoms with Crippen LogP contribution in [-0.2, 0) is 6.54 Å². The molecule has 0 radical (unpaired) electrons. The number of imidazole rings is 1. The maximum absolute atomic E-state index is 13.5. The second kappa shape index (κ2) is 10.1. The molecule has 0 saturated carbocycles. The quantitative estimate of drug-likeness (QED) is 0.262. The van der Waals surface area contributed by atoms with Gasteiger partial charge in [0.1, 0.15) is 11.3 Å². The molecule has 1 fully saturated rings. The number of rotatable bonds is 7. The summed E-state index contributed by atoms with van der Waals surface area (Å²) in [5.74, 6) is 0.319. The third-order valence-electron chi connectivity index (χ3n) is 6.91. The number of aromatic nitrogens is 6. The SMILES string of the molecule is C=C/C=C(/c1ccc(F)cc1)c1nc(-c2n[nH]c3ccc(-c4cncc(CN5CCCC5)c4)nc23)[nH]c1C. The smallest absolute Gasteiger partial charge is 0.161 e. The number of H-pyrrole nitrogens is 2. The van der Waals surface area contributed by atoms with Gasteiger partial charge in [-0.05, 0) is 74.3 Å². The molecule has 6 rings (SSSR count). The second-order valence-electron chi connectivity index (χ2n) is 9.61. The topological polar surface area (TPSA) is 86.4 Å². The number of aromatic amines is 2. The van der Waals surface area contributed by atoms with Gasteiger partial charge in [-0.1, -0.05) is 30.9 Å². The lowest BCUT2D eigenvalue weighted by Gasteiger charge is -2.14. The van der Waals surface area contributed by atoms with Crippen LogP contribution in [0.5, 0.6) is 0 Å². The molecule has 0 spiro atoms. The Morgan fingerprint density at radius 3 is 2.68 bits per heavy atom. The average molecular weight is 506 g/mol. The molecule has 0 unspecified atom stereocenters. The van der Waals surface area contributed by atoms with Crippen LogP contribution in [0.25, 0.3) is 39.4 Å². The fourth-order valence-electron chi connectivity index (χ4n) is 5.03. The number of allylic oxidation sites excluding steroid dienone is 2. The zero-order chi connectivity index (χ0) is 26.1. The molecule has 38 heavy (non-hydrogen) atoms. The zero-order valence-electron chi connectivity index (χ0n) is 21.2. The minimum absolute atomic E-state index is 0.284. The van der Waals surface area contributed by atoms with Crippen LogP contribution in [0.2, 0.25) is 0 Å². The van der Waals surface area contributed by atoms with Gasteiger partial charge in [0, 0.05) is 35.8 Å². The second-order valence-corrected chi connectivity index (χ2v) is 9.61. The van der Waals surface area contributed by atoms with E-state index in [0.29, 0.717) is 11.5 Å². The van der Waals surface area contributed by atoms with Gasteiger partial charge in [-0.3, -0.25) is 15.0 Å². The maximum Gasteiger partial charge on any atom is 0.161 e. The zero-order valence-corrected chi connectivity index (χ0v) is 21.2. The van der Waals surface area contributed by atoms with Crippen LogP contribution < -0.4 is 0 Å². The molecule has 0 bridgehead atoms. The van der Waals surface area contributed by atoms with Gasteiger partial charge in [0.15, 0.2) is 11.5 Å². The molecule has 1 aliphatic heterocycles. The van der Waals surface area contributed by atoms with E-state index in [1.165, 1.54) is 30.5 Å². The summed E-state index contributed by atoms with van der Waals surface area (Å²) in [4.78, 5) is 20.2. The third kappa shape index (κ3) is 4.66. The number of likely N-dealkylation sites (tertiary alicyclic amines) is 1. The Balaban J connectivity index is 1.36. The largest absolute Gasteiger partial charge is 0.340 e. The lowest BCUT2D eigenvalue weighted by Crippen LogP contribution is -2.18. The van der Waals surface area contributed by atoms with Crippen molar-refractivity contribution in [2.75, 3.05) is 13.1 Å². The lowest BCUT2D eigenvalue weighted by molar-refractivity contribution is 0.331. The van der Waals surface area contributed by atoms with E-state index in [0.717, 1.165) is 64.4 Å². The number of hydrogen-bond acceptors (Lipinski definition) is 5. The lowest BCUT2D eigenvalue weighted by atomic mass is 10.0. The highest BCUT2D eigenvalue weighted by molar-refractivity contribution is 5.90. The van der Waals surface area contributed by atoms with E-state index in [1.54, 1.807) is 18.2 Å². The molecule has 2 N–H and O–H groups in total.